The average molecular weight is 336 g/mol. The summed E-state index contributed by atoms with van der Waals surface area (Å²) in [5, 5.41) is 2.41. The monoisotopic (exact) mass is 336 g/mol. The molecule has 1 amide bonds. The van der Waals surface area contributed by atoms with Crippen molar-refractivity contribution < 1.29 is 18.0 Å². The second-order valence-electron chi connectivity index (χ2n) is 6.66. The lowest BCUT2D eigenvalue weighted by Crippen LogP contribution is -2.17. The molecule has 0 fully saturated rings. The Balaban J connectivity index is 2.23. The van der Waals surface area contributed by atoms with Crippen LogP contribution in [0.15, 0.2) is 36.5 Å². The van der Waals surface area contributed by atoms with Gasteiger partial charge >= 0.3 is 6.18 Å². The molecule has 0 aliphatic carbocycles. The van der Waals surface area contributed by atoms with Crippen molar-refractivity contribution in [3.63, 3.8) is 0 Å². The summed E-state index contributed by atoms with van der Waals surface area (Å²) < 4.78 is 38.1. The Bertz CT molecular complexity index is 762. The number of hydrogen-bond acceptors (Lipinski definition) is 2. The number of aromatic nitrogens is 1. The third kappa shape index (κ3) is 4.13. The molecular formula is C18H19F3N2O. The first kappa shape index (κ1) is 18.0. The van der Waals surface area contributed by atoms with Crippen LogP contribution in [0.3, 0.4) is 0 Å². The van der Waals surface area contributed by atoms with Gasteiger partial charge in [0.05, 0.1) is 5.56 Å². The highest BCUT2D eigenvalue weighted by molar-refractivity contribution is 6.04. The third-order valence-corrected chi connectivity index (χ3v) is 3.63. The first-order chi connectivity index (χ1) is 11.0. The summed E-state index contributed by atoms with van der Waals surface area (Å²) in [5.41, 5.74) is 1.52. The van der Waals surface area contributed by atoms with Gasteiger partial charge in [-0.15, -0.1) is 0 Å². The Morgan fingerprint density at radius 2 is 1.75 bits per heavy atom. The minimum atomic E-state index is -4.48. The third-order valence-electron chi connectivity index (χ3n) is 3.63. The van der Waals surface area contributed by atoms with Crippen LogP contribution >= 0.6 is 0 Å². The summed E-state index contributed by atoms with van der Waals surface area (Å²) >= 11 is 0. The molecule has 1 aromatic heterocycles. The second-order valence-corrected chi connectivity index (χ2v) is 6.66. The number of aryl methyl sites for hydroxylation is 1. The maximum absolute atomic E-state index is 12.7. The fourth-order valence-corrected chi connectivity index (χ4v) is 2.51. The molecule has 0 aliphatic rings. The van der Waals surface area contributed by atoms with Gasteiger partial charge in [0.2, 0.25) is 0 Å². The maximum atomic E-state index is 12.7. The molecule has 0 saturated heterocycles. The van der Waals surface area contributed by atoms with Crippen LogP contribution in [-0.4, -0.2) is 10.9 Å². The van der Waals surface area contributed by atoms with Crippen molar-refractivity contribution in [3.8, 4) is 0 Å². The molecule has 1 N–H and O–H groups in total. The van der Waals surface area contributed by atoms with E-state index in [4.69, 9.17) is 0 Å². The van der Waals surface area contributed by atoms with Crippen LogP contribution in [-0.2, 0) is 11.6 Å². The van der Waals surface area contributed by atoms with Crippen molar-refractivity contribution in [2.75, 3.05) is 5.32 Å². The first-order valence-corrected chi connectivity index (χ1v) is 7.44. The van der Waals surface area contributed by atoms with E-state index in [0.717, 1.165) is 29.5 Å². The van der Waals surface area contributed by atoms with Gasteiger partial charge in [0.25, 0.3) is 5.91 Å². The van der Waals surface area contributed by atoms with Gasteiger partial charge in [-0.05, 0) is 47.7 Å². The molecule has 0 saturated carbocycles. The Labute approximate surface area is 138 Å². The second kappa shape index (κ2) is 6.26. The Hall–Kier alpha value is -2.37. The highest BCUT2D eigenvalue weighted by Crippen LogP contribution is 2.30. The van der Waals surface area contributed by atoms with E-state index in [-0.39, 0.29) is 11.2 Å². The van der Waals surface area contributed by atoms with Gasteiger partial charge in [0.15, 0.2) is 0 Å². The van der Waals surface area contributed by atoms with Gasteiger partial charge in [-0.2, -0.15) is 13.2 Å². The van der Waals surface area contributed by atoms with Gasteiger partial charge in [0.1, 0.15) is 5.82 Å². The number of hydrogen-bond donors (Lipinski definition) is 1. The normalized spacial score (nSPS) is 12.1. The summed E-state index contributed by atoms with van der Waals surface area (Å²) in [5.74, 6) is -0.627. The summed E-state index contributed by atoms with van der Waals surface area (Å²) in [7, 11) is 0. The number of carbonyl (C=O) groups is 1. The van der Waals surface area contributed by atoms with Crippen molar-refractivity contribution in [2.45, 2.75) is 39.3 Å². The number of halogens is 3. The lowest BCUT2D eigenvalue weighted by atomic mass is 9.83. The molecule has 0 atom stereocenters. The molecule has 1 aromatic carbocycles. The summed E-state index contributed by atoms with van der Waals surface area (Å²) in [6, 6.07) is 6.93. The zero-order chi connectivity index (χ0) is 18.1. The van der Waals surface area contributed by atoms with Gasteiger partial charge < -0.3 is 5.32 Å². The van der Waals surface area contributed by atoms with Gasteiger partial charge in [-0.1, -0.05) is 26.8 Å². The molecule has 0 aliphatic heterocycles. The molecule has 6 heteroatoms. The van der Waals surface area contributed by atoms with E-state index >= 15 is 0 Å². The number of amides is 1. The van der Waals surface area contributed by atoms with Crippen LogP contribution in [0.1, 0.15) is 47.8 Å². The smallest absolute Gasteiger partial charge is 0.307 e. The average Bonchev–Trinajstić information content (AvgIpc) is 2.45. The molecule has 2 aromatic rings. The first-order valence-electron chi connectivity index (χ1n) is 7.44. The van der Waals surface area contributed by atoms with Crippen LogP contribution in [0.5, 0.6) is 0 Å². The molecule has 0 bridgehead atoms. The highest BCUT2D eigenvalue weighted by atomic mass is 19.4. The molecule has 0 radical (unpaired) electrons. The lowest BCUT2D eigenvalue weighted by Gasteiger charge is -2.22. The number of alkyl halides is 3. The fraction of sp³-hybridized carbons (Fsp3) is 0.333. The van der Waals surface area contributed by atoms with Crippen LogP contribution in [0.2, 0.25) is 0 Å². The zero-order valence-electron chi connectivity index (χ0n) is 14.0. The number of nitrogens with zero attached hydrogens (tertiary/aromatic N) is 1. The van der Waals surface area contributed by atoms with E-state index < -0.39 is 17.6 Å². The van der Waals surface area contributed by atoms with Crippen molar-refractivity contribution in [1.29, 1.82) is 0 Å². The number of benzene rings is 1. The van der Waals surface area contributed by atoms with Gasteiger partial charge in [0, 0.05) is 11.8 Å². The van der Waals surface area contributed by atoms with Crippen molar-refractivity contribution in [3.05, 3.63) is 58.8 Å². The summed E-state index contributed by atoms with van der Waals surface area (Å²) in [6.07, 6.45) is -3.46. The van der Waals surface area contributed by atoms with Crippen LogP contribution < -0.4 is 5.32 Å². The largest absolute Gasteiger partial charge is 0.416 e. The minimum absolute atomic E-state index is 0.0539. The number of anilines is 1. The van der Waals surface area contributed by atoms with E-state index in [1.54, 1.807) is 12.1 Å². The number of nitrogens with one attached hydrogen (secondary N) is 1. The van der Waals surface area contributed by atoms with Gasteiger partial charge in [-0.3, -0.25) is 4.79 Å². The topological polar surface area (TPSA) is 42.0 Å². The van der Waals surface area contributed by atoms with Crippen LogP contribution in [0, 0.1) is 6.92 Å². The molecule has 1 heterocycles. The molecule has 128 valence electrons. The van der Waals surface area contributed by atoms with E-state index in [2.05, 4.69) is 31.1 Å². The standard InChI is InChI=1S/C18H19F3N2O/c1-11-9-12(5-6-14(11)17(2,3)4)16(24)23-15-10-13(7-8-22-15)18(19,20)21/h5-10H,1-4H3,(H,22,23,24). The van der Waals surface area contributed by atoms with Crippen molar-refractivity contribution in [2.24, 2.45) is 0 Å². The van der Waals surface area contributed by atoms with E-state index in [0.29, 0.717) is 5.56 Å². The van der Waals surface area contributed by atoms with Gasteiger partial charge in [-0.25, -0.2) is 4.98 Å². The molecule has 3 nitrogen and oxygen atoms in total. The summed E-state index contributed by atoms with van der Waals surface area (Å²) in [6.45, 7) is 8.12. The van der Waals surface area contributed by atoms with Crippen molar-refractivity contribution in [1.82, 2.24) is 4.98 Å². The predicted molar refractivity (Wildman–Crippen MR) is 87.1 cm³/mol. The van der Waals surface area contributed by atoms with E-state index in [1.165, 1.54) is 0 Å². The Kier molecular flexibility index (Phi) is 4.69. The maximum Gasteiger partial charge on any atom is 0.416 e. The Morgan fingerprint density at radius 3 is 2.29 bits per heavy atom. The number of carbonyl (C=O) groups excluding carboxylic acids is 1. The zero-order valence-corrected chi connectivity index (χ0v) is 14.0. The number of rotatable bonds is 2. The summed E-state index contributed by atoms with van der Waals surface area (Å²) in [4.78, 5) is 16.0. The Morgan fingerprint density at radius 1 is 1.08 bits per heavy atom. The molecule has 0 unspecified atom stereocenters. The molecule has 0 spiro atoms. The minimum Gasteiger partial charge on any atom is -0.307 e. The molecule has 2 rings (SSSR count). The van der Waals surface area contributed by atoms with E-state index in [1.807, 2.05) is 13.0 Å². The van der Waals surface area contributed by atoms with Crippen LogP contribution in [0.25, 0.3) is 0 Å². The lowest BCUT2D eigenvalue weighted by molar-refractivity contribution is -0.137. The molecular weight excluding hydrogens is 317 g/mol. The van der Waals surface area contributed by atoms with Crippen LogP contribution in [0.4, 0.5) is 19.0 Å². The molecule has 24 heavy (non-hydrogen) atoms. The fourth-order valence-electron chi connectivity index (χ4n) is 2.51. The highest BCUT2D eigenvalue weighted by Gasteiger charge is 2.30. The van der Waals surface area contributed by atoms with Crippen molar-refractivity contribution >= 4 is 11.7 Å². The SMILES string of the molecule is Cc1cc(C(=O)Nc2cc(C(F)(F)F)ccn2)ccc1C(C)(C)C. The van der Waals surface area contributed by atoms with E-state index in [9.17, 15) is 18.0 Å². The number of pyridine rings is 1. The quantitative estimate of drug-likeness (QED) is 0.842. The predicted octanol–water partition coefficient (Wildman–Crippen LogP) is 4.96.